The molecule has 0 radical (unpaired) electrons. The van der Waals surface area contributed by atoms with Crippen LogP contribution in [0.3, 0.4) is 0 Å². The van der Waals surface area contributed by atoms with Gasteiger partial charge in [0.2, 0.25) is 12.3 Å². The van der Waals surface area contributed by atoms with E-state index >= 15 is 0 Å². The van der Waals surface area contributed by atoms with Gasteiger partial charge in [0.15, 0.2) is 0 Å². The number of carbonyl (C=O) groups excluding carboxylic acids is 2. The maximum Gasteiger partial charge on any atom is 0.243 e. The first-order valence-electron chi connectivity index (χ1n) is 7.11. The second-order valence-electron chi connectivity index (χ2n) is 4.11. The van der Waals surface area contributed by atoms with E-state index in [1.165, 1.54) is 6.08 Å². The standard InChI is InChI=1S/C14H26N2O5/c1-2-14(18)16-6-4-8-20-10-12-21-11-9-19-7-3-5-15-13-17/h2,13H,1,3-12H2,(H,15,17)(H,16,18). The zero-order valence-corrected chi connectivity index (χ0v) is 12.5. The summed E-state index contributed by atoms with van der Waals surface area (Å²) in [5.74, 6) is -0.166. The van der Waals surface area contributed by atoms with Crippen LogP contribution < -0.4 is 10.6 Å². The number of hydrogen-bond donors (Lipinski definition) is 2. The first-order valence-corrected chi connectivity index (χ1v) is 7.11. The molecule has 2 amide bonds. The summed E-state index contributed by atoms with van der Waals surface area (Å²) in [7, 11) is 0. The molecule has 2 N–H and O–H groups in total. The quantitative estimate of drug-likeness (QED) is 0.235. The van der Waals surface area contributed by atoms with Crippen LogP contribution in [0.15, 0.2) is 12.7 Å². The van der Waals surface area contributed by atoms with Crippen molar-refractivity contribution in [1.29, 1.82) is 0 Å². The van der Waals surface area contributed by atoms with Crippen LogP contribution in [0.25, 0.3) is 0 Å². The fourth-order valence-electron chi connectivity index (χ4n) is 1.34. The van der Waals surface area contributed by atoms with Crippen molar-refractivity contribution in [2.24, 2.45) is 0 Å². The Morgan fingerprint density at radius 2 is 1.43 bits per heavy atom. The maximum atomic E-state index is 10.8. The van der Waals surface area contributed by atoms with Crippen molar-refractivity contribution in [2.45, 2.75) is 12.8 Å². The molecule has 0 fully saturated rings. The first kappa shape index (κ1) is 19.6. The van der Waals surface area contributed by atoms with Gasteiger partial charge in [-0.3, -0.25) is 9.59 Å². The molecule has 21 heavy (non-hydrogen) atoms. The van der Waals surface area contributed by atoms with Crippen molar-refractivity contribution >= 4 is 12.3 Å². The molecule has 0 saturated heterocycles. The van der Waals surface area contributed by atoms with Gasteiger partial charge < -0.3 is 24.8 Å². The monoisotopic (exact) mass is 302 g/mol. The molecule has 0 saturated carbocycles. The van der Waals surface area contributed by atoms with Crippen LogP contribution in [0.2, 0.25) is 0 Å². The van der Waals surface area contributed by atoms with Crippen molar-refractivity contribution in [3.8, 4) is 0 Å². The minimum Gasteiger partial charge on any atom is -0.379 e. The smallest absolute Gasteiger partial charge is 0.243 e. The highest BCUT2D eigenvalue weighted by atomic mass is 16.5. The lowest BCUT2D eigenvalue weighted by Crippen LogP contribution is -2.23. The van der Waals surface area contributed by atoms with Gasteiger partial charge in [-0.25, -0.2) is 0 Å². The number of rotatable bonds is 16. The average Bonchev–Trinajstić information content (AvgIpc) is 2.50. The van der Waals surface area contributed by atoms with Gasteiger partial charge in [-0.05, 0) is 18.9 Å². The van der Waals surface area contributed by atoms with Crippen molar-refractivity contribution < 1.29 is 23.8 Å². The van der Waals surface area contributed by atoms with Gasteiger partial charge in [0.25, 0.3) is 0 Å². The number of carbonyl (C=O) groups is 2. The van der Waals surface area contributed by atoms with Crippen LogP contribution >= 0.6 is 0 Å². The second-order valence-corrected chi connectivity index (χ2v) is 4.11. The van der Waals surface area contributed by atoms with Crippen LogP contribution in [0.4, 0.5) is 0 Å². The second kappa shape index (κ2) is 16.6. The van der Waals surface area contributed by atoms with E-state index in [9.17, 15) is 9.59 Å². The van der Waals surface area contributed by atoms with Crippen molar-refractivity contribution in [3.05, 3.63) is 12.7 Å². The third-order valence-corrected chi connectivity index (χ3v) is 2.39. The van der Waals surface area contributed by atoms with E-state index in [1.807, 2.05) is 0 Å². The van der Waals surface area contributed by atoms with E-state index in [2.05, 4.69) is 17.2 Å². The van der Waals surface area contributed by atoms with E-state index in [-0.39, 0.29) is 5.91 Å². The third-order valence-electron chi connectivity index (χ3n) is 2.39. The molecule has 0 aliphatic heterocycles. The summed E-state index contributed by atoms with van der Waals surface area (Å²) < 4.78 is 16.0. The van der Waals surface area contributed by atoms with Crippen LogP contribution in [0.5, 0.6) is 0 Å². The summed E-state index contributed by atoms with van der Waals surface area (Å²) in [6.45, 7) is 7.88. The Bertz CT molecular complexity index is 274. The third kappa shape index (κ3) is 16.5. The zero-order chi connectivity index (χ0) is 15.6. The van der Waals surface area contributed by atoms with Crippen LogP contribution in [-0.2, 0) is 23.8 Å². The van der Waals surface area contributed by atoms with E-state index in [1.54, 1.807) is 0 Å². The van der Waals surface area contributed by atoms with E-state index in [0.717, 1.165) is 12.8 Å². The molecular formula is C14H26N2O5. The Hall–Kier alpha value is -1.44. The summed E-state index contributed by atoms with van der Waals surface area (Å²) in [6, 6.07) is 0. The summed E-state index contributed by atoms with van der Waals surface area (Å²) >= 11 is 0. The molecule has 0 bridgehead atoms. The van der Waals surface area contributed by atoms with Gasteiger partial charge >= 0.3 is 0 Å². The minimum atomic E-state index is -0.166. The molecule has 0 aromatic carbocycles. The molecule has 0 spiro atoms. The normalized spacial score (nSPS) is 10.1. The SMILES string of the molecule is C=CC(=O)NCCCOCCOCCOCCCNC=O. The predicted octanol–water partition coefficient (Wildman–Crippen LogP) is -0.135. The van der Waals surface area contributed by atoms with E-state index in [4.69, 9.17) is 14.2 Å². The first-order chi connectivity index (χ1) is 10.3. The number of ether oxygens (including phenoxy) is 3. The average molecular weight is 302 g/mol. The highest BCUT2D eigenvalue weighted by molar-refractivity contribution is 5.86. The van der Waals surface area contributed by atoms with Gasteiger partial charge in [-0.1, -0.05) is 6.58 Å². The summed E-state index contributed by atoms with van der Waals surface area (Å²) in [5.41, 5.74) is 0. The Morgan fingerprint density at radius 3 is 1.95 bits per heavy atom. The molecular weight excluding hydrogens is 276 g/mol. The van der Waals surface area contributed by atoms with Crippen LogP contribution in [0.1, 0.15) is 12.8 Å². The molecule has 0 atom stereocenters. The van der Waals surface area contributed by atoms with E-state index < -0.39 is 0 Å². The lowest BCUT2D eigenvalue weighted by atomic mass is 10.4. The Morgan fingerprint density at radius 1 is 0.905 bits per heavy atom. The van der Waals surface area contributed by atoms with Gasteiger partial charge in [0.1, 0.15) is 0 Å². The summed E-state index contributed by atoms with van der Waals surface area (Å²) in [5, 5.41) is 5.23. The number of hydrogen-bond acceptors (Lipinski definition) is 5. The zero-order valence-electron chi connectivity index (χ0n) is 12.5. The Labute approximate surface area is 126 Å². The van der Waals surface area contributed by atoms with Crippen molar-refractivity contribution in [1.82, 2.24) is 10.6 Å². The summed E-state index contributed by atoms with van der Waals surface area (Å²) in [6.07, 6.45) is 3.48. The van der Waals surface area contributed by atoms with Gasteiger partial charge in [-0.2, -0.15) is 0 Å². The van der Waals surface area contributed by atoms with Crippen LogP contribution in [0, 0.1) is 0 Å². The molecule has 0 aliphatic carbocycles. The van der Waals surface area contributed by atoms with Gasteiger partial charge in [0, 0.05) is 26.3 Å². The molecule has 0 aliphatic rings. The minimum absolute atomic E-state index is 0.166. The molecule has 0 rings (SSSR count). The molecule has 7 nitrogen and oxygen atoms in total. The Balaban J connectivity index is 3.01. The fourth-order valence-corrected chi connectivity index (χ4v) is 1.34. The van der Waals surface area contributed by atoms with Crippen molar-refractivity contribution in [3.63, 3.8) is 0 Å². The highest BCUT2D eigenvalue weighted by Crippen LogP contribution is 1.85. The molecule has 0 aromatic heterocycles. The largest absolute Gasteiger partial charge is 0.379 e. The number of nitrogens with one attached hydrogen (secondary N) is 2. The van der Waals surface area contributed by atoms with Gasteiger partial charge in [-0.15, -0.1) is 0 Å². The molecule has 0 unspecified atom stereocenters. The maximum absolute atomic E-state index is 10.8. The van der Waals surface area contributed by atoms with E-state index in [0.29, 0.717) is 59.1 Å². The topological polar surface area (TPSA) is 85.9 Å². The number of amides is 2. The molecule has 0 heterocycles. The lowest BCUT2D eigenvalue weighted by Gasteiger charge is -2.07. The molecule has 0 aromatic rings. The lowest BCUT2D eigenvalue weighted by molar-refractivity contribution is -0.116. The van der Waals surface area contributed by atoms with Crippen molar-refractivity contribution in [2.75, 3.05) is 52.7 Å². The molecule has 122 valence electrons. The predicted molar refractivity (Wildman–Crippen MR) is 79.0 cm³/mol. The Kier molecular flexibility index (Phi) is 15.5. The summed E-state index contributed by atoms with van der Waals surface area (Å²) in [4.78, 5) is 20.8. The fraction of sp³-hybridized carbons (Fsp3) is 0.714. The van der Waals surface area contributed by atoms with Crippen LogP contribution in [-0.4, -0.2) is 65.0 Å². The van der Waals surface area contributed by atoms with Gasteiger partial charge in [0.05, 0.1) is 26.4 Å². The molecule has 7 heteroatoms. The highest BCUT2D eigenvalue weighted by Gasteiger charge is 1.94.